The first kappa shape index (κ1) is 22.1. The third-order valence-electron chi connectivity index (χ3n) is 6.51. The van der Waals surface area contributed by atoms with Crippen molar-refractivity contribution in [1.82, 2.24) is 9.97 Å². The summed E-state index contributed by atoms with van der Waals surface area (Å²) in [6.45, 7) is -0.0470. The SMILES string of the molecule is O=S1COc2nc(N=S3(=O)CCC(c4ccc(Cl)cc4)CC3)nc(NC3(CO)CCC3)c21. The van der Waals surface area contributed by atoms with Crippen molar-refractivity contribution in [2.75, 3.05) is 29.4 Å². The molecule has 3 heterocycles. The lowest BCUT2D eigenvalue weighted by atomic mass is 9.77. The fourth-order valence-electron chi connectivity index (χ4n) is 4.40. The number of aliphatic hydroxyl groups excluding tert-OH is 1. The Morgan fingerprint density at radius 2 is 1.97 bits per heavy atom. The van der Waals surface area contributed by atoms with Gasteiger partial charge in [-0.05, 0) is 55.7 Å². The maximum atomic E-state index is 13.5. The smallest absolute Gasteiger partial charge is 0.263 e. The number of aliphatic hydroxyl groups is 1. The molecule has 2 aliphatic heterocycles. The second-order valence-corrected chi connectivity index (χ2v) is 12.9. The van der Waals surface area contributed by atoms with Crippen LogP contribution in [-0.4, -0.2) is 53.1 Å². The molecule has 1 saturated heterocycles. The summed E-state index contributed by atoms with van der Waals surface area (Å²) in [6, 6.07) is 7.80. The third-order valence-corrected chi connectivity index (χ3v) is 10.2. The van der Waals surface area contributed by atoms with Crippen LogP contribution in [0.1, 0.15) is 43.6 Å². The molecule has 0 bridgehead atoms. The van der Waals surface area contributed by atoms with Gasteiger partial charge in [0.05, 0.1) is 21.9 Å². The van der Waals surface area contributed by atoms with E-state index >= 15 is 0 Å². The quantitative estimate of drug-likeness (QED) is 0.650. The number of nitrogens with zero attached hydrogens (tertiary/aromatic N) is 3. The molecule has 1 aromatic heterocycles. The number of ether oxygens (including phenoxy) is 1. The van der Waals surface area contributed by atoms with Crippen molar-refractivity contribution in [3.63, 3.8) is 0 Å². The Labute approximate surface area is 194 Å². The van der Waals surface area contributed by atoms with Gasteiger partial charge < -0.3 is 15.2 Å². The van der Waals surface area contributed by atoms with E-state index in [2.05, 4.69) is 19.6 Å². The molecule has 11 heteroatoms. The van der Waals surface area contributed by atoms with E-state index in [-0.39, 0.29) is 24.4 Å². The summed E-state index contributed by atoms with van der Waals surface area (Å²) in [4.78, 5) is 9.16. The minimum Gasteiger partial charge on any atom is -0.463 e. The van der Waals surface area contributed by atoms with Gasteiger partial charge in [-0.2, -0.15) is 14.3 Å². The molecule has 172 valence electrons. The Morgan fingerprint density at radius 3 is 2.59 bits per heavy atom. The molecule has 1 aliphatic carbocycles. The predicted octanol–water partition coefficient (Wildman–Crippen LogP) is 3.59. The highest BCUT2D eigenvalue weighted by molar-refractivity contribution is 7.93. The fourth-order valence-corrected chi connectivity index (χ4v) is 7.55. The van der Waals surface area contributed by atoms with Gasteiger partial charge >= 0.3 is 0 Å². The highest BCUT2D eigenvalue weighted by Crippen LogP contribution is 2.40. The van der Waals surface area contributed by atoms with E-state index in [1.165, 1.54) is 5.56 Å². The van der Waals surface area contributed by atoms with Gasteiger partial charge in [-0.15, -0.1) is 0 Å². The van der Waals surface area contributed by atoms with Crippen LogP contribution < -0.4 is 10.1 Å². The standard InChI is InChI=1S/C21H25ClN4O4S2/c22-16-4-2-14(3-5-16)15-6-10-32(29,11-7-15)26-20-23-18(25-21(12-27)8-1-9-21)17-19(24-20)30-13-31(17)28/h2-5,15,27H,1,6-13H2,(H,23,24,25). The van der Waals surface area contributed by atoms with E-state index in [0.29, 0.717) is 33.2 Å². The van der Waals surface area contributed by atoms with Gasteiger partial charge in [0.15, 0.2) is 11.8 Å². The van der Waals surface area contributed by atoms with Crippen LogP contribution in [0.2, 0.25) is 5.02 Å². The second kappa shape index (κ2) is 8.55. The molecule has 1 atom stereocenters. The second-order valence-electron chi connectivity index (χ2n) is 8.63. The van der Waals surface area contributed by atoms with Crippen molar-refractivity contribution in [1.29, 1.82) is 0 Å². The summed E-state index contributed by atoms with van der Waals surface area (Å²) >= 11 is 5.99. The van der Waals surface area contributed by atoms with Crippen molar-refractivity contribution in [2.45, 2.75) is 48.5 Å². The normalized spacial score (nSPS) is 28.3. The van der Waals surface area contributed by atoms with Crippen LogP contribution >= 0.6 is 11.6 Å². The van der Waals surface area contributed by atoms with Crippen LogP contribution in [0, 0.1) is 0 Å². The number of hydrogen-bond acceptors (Lipinski definition) is 8. The summed E-state index contributed by atoms with van der Waals surface area (Å²) in [7, 11) is -3.91. The van der Waals surface area contributed by atoms with E-state index in [9.17, 15) is 13.5 Å². The lowest BCUT2D eigenvalue weighted by Crippen LogP contribution is -2.48. The van der Waals surface area contributed by atoms with Gasteiger partial charge in [0.1, 0.15) is 15.7 Å². The van der Waals surface area contributed by atoms with E-state index in [1.54, 1.807) is 0 Å². The average Bonchev–Trinajstić information content (AvgIpc) is 3.12. The summed E-state index contributed by atoms with van der Waals surface area (Å²) < 4.78 is 35.8. The monoisotopic (exact) mass is 496 g/mol. The lowest BCUT2D eigenvalue weighted by molar-refractivity contribution is 0.143. The number of benzene rings is 1. The molecule has 0 spiro atoms. The molecule has 1 aromatic carbocycles. The van der Waals surface area contributed by atoms with E-state index < -0.39 is 26.1 Å². The molecule has 1 saturated carbocycles. The zero-order chi connectivity index (χ0) is 22.3. The van der Waals surface area contributed by atoms with Gasteiger partial charge in [-0.1, -0.05) is 23.7 Å². The van der Waals surface area contributed by atoms with Crippen LogP contribution in [0.3, 0.4) is 0 Å². The lowest BCUT2D eigenvalue weighted by Gasteiger charge is -2.41. The topological polar surface area (TPSA) is 114 Å². The van der Waals surface area contributed by atoms with Crippen molar-refractivity contribution in [2.24, 2.45) is 4.36 Å². The number of nitrogens with one attached hydrogen (secondary N) is 1. The van der Waals surface area contributed by atoms with Crippen molar-refractivity contribution >= 4 is 43.9 Å². The Hall–Kier alpha value is -1.75. The number of aromatic nitrogens is 2. The predicted molar refractivity (Wildman–Crippen MR) is 125 cm³/mol. The Kier molecular flexibility index (Phi) is 5.90. The highest BCUT2D eigenvalue weighted by Gasteiger charge is 2.39. The van der Waals surface area contributed by atoms with Crippen molar-refractivity contribution in [3.8, 4) is 5.88 Å². The summed E-state index contributed by atoms with van der Waals surface area (Å²) in [5.41, 5.74) is 0.715. The number of fused-ring (bicyclic) bond motifs is 1. The molecule has 0 radical (unpaired) electrons. The molecule has 32 heavy (non-hydrogen) atoms. The van der Waals surface area contributed by atoms with Crippen LogP contribution in [0.25, 0.3) is 0 Å². The largest absolute Gasteiger partial charge is 0.463 e. The van der Waals surface area contributed by atoms with Gasteiger partial charge in [0.2, 0.25) is 5.88 Å². The summed E-state index contributed by atoms with van der Waals surface area (Å²) in [5.74, 6) is 1.89. The molecular formula is C21H25ClN4O4S2. The first-order valence-electron chi connectivity index (χ1n) is 10.7. The third kappa shape index (κ3) is 4.25. The maximum Gasteiger partial charge on any atom is 0.263 e. The minimum absolute atomic E-state index is 0.00637. The van der Waals surface area contributed by atoms with Gasteiger partial charge in [-0.25, -0.2) is 4.21 Å². The molecule has 8 nitrogen and oxygen atoms in total. The fraction of sp³-hybridized carbons (Fsp3) is 0.524. The van der Waals surface area contributed by atoms with Crippen molar-refractivity contribution in [3.05, 3.63) is 34.9 Å². The van der Waals surface area contributed by atoms with Gasteiger partial charge in [0, 0.05) is 16.5 Å². The molecule has 3 aliphatic rings. The highest BCUT2D eigenvalue weighted by atomic mass is 35.5. The Morgan fingerprint density at radius 1 is 1.25 bits per heavy atom. The molecule has 2 aromatic rings. The van der Waals surface area contributed by atoms with E-state index in [0.717, 1.165) is 32.1 Å². The minimum atomic E-state index is -2.52. The first-order chi connectivity index (χ1) is 15.4. The van der Waals surface area contributed by atoms with Crippen molar-refractivity contribution < 1.29 is 18.3 Å². The maximum absolute atomic E-state index is 13.5. The summed E-state index contributed by atoms with van der Waals surface area (Å²) in [5, 5.41) is 13.8. The van der Waals surface area contributed by atoms with Crippen LogP contribution in [0.5, 0.6) is 5.88 Å². The molecule has 1 unspecified atom stereocenters. The van der Waals surface area contributed by atoms with Crippen LogP contribution in [0.15, 0.2) is 33.5 Å². The Balaban J connectivity index is 1.41. The summed E-state index contributed by atoms with van der Waals surface area (Å²) in [6.07, 6.45) is 4.11. The number of hydrogen-bond donors (Lipinski definition) is 2. The number of anilines is 1. The molecule has 2 fully saturated rings. The van der Waals surface area contributed by atoms with E-state index in [1.807, 2.05) is 24.3 Å². The van der Waals surface area contributed by atoms with Gasteiger partial charge in [0.25, 0.3) is 5.95 Å². The van der Waals surface area contributed by atoms with E-state index in [4.69, 9.17) is 16.3 Å². The Bertz CT molecular complexity index is 1160. The number of rotatable bonds is 5. The first-order valence-corrected chi connectivity index (χ1v) is 14.2. The van der Waals surface area contributed by atoms with Crippen LogP contribution in [0.4, 0.5) is 11.8 Å². The van der Waals surface area contributed by atoms with Crippen LogP contribution in [-0.2, 0) is 20.5 Å². The molecule has 2 N–H and O–H groups in total. The number of halogens is 1. The molecule has 0 amide bonds. The zero-order valence-electron chi connectivity index (χ0n) is 17.5. The molecular weight excluding hydrogens is 472 g/mol. The van der Waals surface area contributed by atoms with Gasteiger partial charge in [-0.3, -0.25) is 4.21 Å². The average molecular weight is 497 g/mol. The zero-order valence-corrected chi connectivity index (χ0v) is 19.8. The molecule has 5 rings (SSSR count).